The fourth-order valence-electron chi connectivity index (χ4n) is 4.71. The Hall–Kier alpha value is -3.22. The van der Waals surface area contributed by atoms with Gasteiger partial charge in [-0.1, -0.05) is 30.3 Å². The van der Waals surface area contributed by atoms with Crippen LogP contribution in [0.15, 0.2) is 53.6 Å². The summed E-state index contributed by atoms with van der Waals surface area (Å²) in [6, 6.07) is 10.1. The Balaban J connectivity index is 1.54. The van der Waals surface area contributed by atoms with Crippen molar-refractivity contribution in [2.24, 2.45) is 0 Å². The molecule has 2 fully saturated rings. The fourth-order valence-corrected chi connectivity index (χ4v) is 6.30. The summed E-state index contributed by atoms with van der Waals surface area (Å²) in [7, 11) is -2.64. The number of esters is 1. The monoisotopic (exact) mass is 533 g/mol. The average Bonchev–Trinajstić information content (AvgIpc) is 3.21. The summed E-state index contributed by atoms with van der Waals surface area (Å²) in [5.41, 5.74) is 0.951. The molecule has 200 valence electrons. The second kappa shape index (κ2) is 11.9. The van der Waals surface area contributed by atoms with Crippen LogP contribution in [0.5, 0.6) is 5.88 Å². The number of piperazine rings is 1. The van der Waals surface area contributed by atoms with Gasteiger partial charge in [-0.05, 0) is 31.4 Å². The predicted octanol–water partition coefficient (Wildman–Crippen LogP) is 2.21. The number of benzene rings is 1. The highest BCUT2D eigenvalue weighted by molar-refractivity contribution is 7.89. The summed E-state index contributed by atoms with van der Waals surface area (Å²) in [6.45, 7) is 2.24. The molecule has 0 radical (unpaired) electrons. The zero-order valence-electron chi connectivity index (χ0n) is 20.8. The molecule has 0 N–H and O–H groups in total. The van der Waals surface area contributed by atoms with Gasteiger partial charge in [0.25, 0.3) is 0 Å². The minimum atomic E-state index is -4.14. The summed E-state index contributed by atoms with van der Waals surface area (Å²) in [4.78, 5) is 31.4. The van der Waals surface area contributed by atoms with Crippen LogP contribution < -0.4 is 4.74 Å². The Morgan fingerprint density at radius 1 is 1.05 bits per heavy atom. The van der Waals surface area contributed by atoms with Crippen molar-refractivity contribution in [1.29, 1.82) is 0 Å². The molecule has 2 aromatic rings. The van der Waals surface area contributed by atoms with Crippen molar-refractivity contribution in [3.8, 4) is 5.88 Å². The van der Waals surface area contributed by atoms with E-state index in [1.807, 2.05) is 30.3 Å². The Morgan fingerprint density at radius 2 is 1.84 bits per heavy atom. The highest BCUT2D eigenvalue weighted by Gasteiger charge is 2.55. The second-order valence-electron chi connectivity index (χ2n) is 8.69. The van der Waals surface area contributed by atoms with Gasteiger partial charge >= 0.3 is 12.1 Å². The minimum Gasteiger partial charge on any atom is -0.473 e. The number of ether oxygens (including phenoxy) is 4. The largest absolute Gasteiger partial charge is 0.473 e. The van der Waals surface area contributed by atoms with Crippen LogP contribution in [0.1, 0.15) is 25.3 Å². The zero-order valence-corrected chi connectivity index (χ0v) is 21.6. The van der Waals surface area contributed by atoms with Crippen molar-refractivity contribution in [2.75, 3.05) is 33.5 Å². The van der Waals surface area contributed by atoms with Gasteiger partial charge in [0, 0.05) is 25.8 Å². The average molecular weight is 534 g/mol. The van der Waals surface area contributed by atoms with Gasteiger partial charge in [-0.3, -0.25) is 9.69 Å². The van der Waals surface area contributed by atoms with Crippen LogP contribution in [0, 0.1) is 0 Å². The molecule has 4 rings (SSSR count). The number of sulfonamides is 1. The first kappa shape index (κ1) is 26.8. The SMILES string of the molecule is CCOC(=O)[C@@H]1[C@@H]2CC[C@H](CN1S(=O)(=O)c1ccc(OCc3ccccc3)nc1)N2C(=O)OCCOC. The third kappa shape index (κ3) is 5.86. The van der Waals surface area contributed by atoms with Crippen LogP contribution in [-0.4, -0.2) is 86.3 Å². The Bertz CT molecular complexity index is 1180. The Morgan fingerprint density at radius 3 is 2.51 bits per heavy atom. The van der Waals surface area contributed by atoms with Gasteiger partial charge in [-0.2, -0.15) is 4.31 Å². The van der Waals surface area contributed by atoms with Gasteiger partial charge in [0.15, 0.2) is 0 Å². The number of carbonyl (C=O) groups excluding carboxylic acids is 2. The van der Waals surface area contributed by atoms with Crippen LogP contribution in [0.25, 0.3) is 0 Å². The second-order valence-corrected chi connectivity index (χ2v) is 10.6. The van der Waals surface area contributed by atoms with Crippen molar-refractivity contribution >= 4 is 22.1 Å². The predicted molar refractivity (Wildman–Crippen MR) is 131 cm³/mol. The van der Waals surface area contributed by atoms with Gasteiger partial charge in [0.1, 0.15) is 24.2 Å². The lowest BCUT2D eigenvalue weighted by Crippen LogP contribution is -2.65. The van der Waals surface area contributed by atoms with Crippen molar-refractivity contribution in [3.63, 3.8) is 0 Å². The van der Waals surface area contributed by atoms with E-state index in [2.05, 4.69) is 4.98 Å². The quantitative estimate of drug-likeness (QED) is 0.334. The van der Waals surface area contributed by atoms with E-state index in [-0.39, 0.29) is 43.7 Å². The van der Waals surface area contributed by atoms with Crippen molar-refractivity contribution < 1.29 is 37.0 Å². The minimum absolute atomic E-state index is 0.0573. The highest BCUT2D eigenvalue weighted by atomic mass is 32.2. The lowest BCUT2D eigenvalue weighted by molar-refractivity contribution is -0.151. The summed E-state index contributed by atoms with van der Waals surface area (Å²) < 4.78 is 49.6. The smallest absolute Gasteiger partial charge is 0.410 e. The first-order valence-corrected chi connectivity index (χ1v) is 13.6. The molecule has 0 aliphatic carbocycles. The van der Waals surface area contributed by atoms with Gasteiger partial charge in [0.2, 0.25) is 15.9 Å². The number of fused-ring (bicyclic) bond motifs is 2. The number of rotatable bonds is 10. The molecule has 1 aromatic carbocycles. The summed E-state index contributed by atoms with van der Waals surface area (Å²) >= 11 is 0. The number of aromatic nitrogens is 1. The third-order valence-electron chi connectivity index (χ3n) is 6.41. The maximum atomic E-state index is 13.7. The van der Waals surface area contributed by atoms with E-state index in [0.717, 1.165) is 9.87 Å². The Labute approximate surface area is 216 Å². The standard InChI is InChI=1S/C25H31N3O8S/c1-3-34-24(29)23-21-11-9-19(28(21)25(30)35-14-13-33-2)16-27(23)37(31,32)20-10-12-22(26-15-20)36-17-18-7-5-4-6-8-18/h4-8,10,12,15,19,21,23H,3,9,11,13-14,16-17H2,1-2H3/t19-,21+,23+/m1/s1. The number of carbonyl (C=O) groups is 2. The molecule has 1 amide bonds. The van der Waals surface area contributed by atoms with E-state index >= 15 is 0 Å². The van der Waals surface area contributed by atoms with Crippen molar-refractivity contribution in [1.82, 2.24) is 14.2 Å². The van der Waals surface area contributed by atoms with Crippen LogP contribution >= 0.6 is 0 Å². The van der Waals surface area contributed by atoms with E-state index in [9.17, 15) is 18.0 Å². The van der Waals surface area contributed by atoms with E-state index in [1.54, 1.807) is 6.92 Å². The van der Waals surface area contributed by atoms with E-state index in [4.69, 9.17) is 18.9 Å². The molecule has 2 aliphatic heterocycles. The molecule has 2 saturated heterocycles. The molecule has 0 spiro atoms. The molecule has 1 aromatic heterocycles. The van der Waals surface area contributed by atoms with Gasteiger partial charge in [0.05, 0.1) is 25.5 Å². The molecule has 3 atom stereocenters. The molecular weight excluding hydrogens is 502 g/mol. The molecule has 0 saturated carbocycles. The lowest BCUT2D eigenvalue weighted by atomic mass is 10.1. The molecule has 11 nitrogen and oxygen atoms in total. The van der Waals surface area contributed by atoms with Crippen LogP contribution in [0.4, 0.5) is 4.79 Å². The number of hydrogen-bond donors (Lipinski definition) is 0. The van der Waals surface area contributed by atoms with E-state index < -0.39 is 40.2 Å². The number of nitrogens with zero attached hydrogens (tertiary/aromatic N) is 3. The molecule has 37 heavy (non-hydrogen) atoms. The summed E-state index contributed by atoms with van der Waals surface area (Å²) in [6.07, 6.45) is 1.60. The topological polar surface area (TPSA) is 125 Å². The molecule has 3 heterocycles. The maximum absolute atomic E-state index is 13.7. The molecular formula is C25H31N3O8S. The number of amides is 1. The molecule has 2 aliphatic rings. The first-order chi connectivity index (χ1) is 17.9. The summed E-state index contributed by atoms with van der Waals surface area (Å²) in [5, 5.41) is 0. The zero-order chi connectivity index (χ0) is 26.4. The first-order valence-electron chi connectivity index (χ1n) is 12.1. The highest BCUT2D eigenvalue weighted by Crippen LogP contribution is 2.38. The van der Waals surface area contributed by atoms with Gasteiger partial charge in [-0.15, -0.1) is 0 Å². The summed E-state index contributed by atoms with van der Waals surface area (Å²) in [5.74, 6) is -0.435. The van der Waals surface area contributed by atoms with E-state index in [1.165, 1.54) is 30.3 Å². The Kier molecular flexibility index (Phi) is 8.62. The molecule has 2 bridgehead atoms. The van der Waals surface area contributed by atoms with Crippen molar-refractivity contribution in [2.45, 2.75) is 49.4 Å². The van der Waals surface area contributed by atoms with Crippen LogP contribution in [0.3, 0.4) is 0 Å². The van der Waals surface area contributed by atoms with Crippen molar-refractivity contribution in [3.05, 3.63) is 54.2 Å². The fraction of sp³-hybridized carbons (Fsp3) is 0.480. The molecule has 0 unspecified atom stereocenters. The van der Waals surface area contributed by atoms with Crippen LogP contribution in [-0.2, 0) is 35.6 Å². The van der Waals surface area contributed by atoms with Gasteiger partial charge in [-0.25, -0.2) is 18.2 Å². The lowest BCUT2D eigenvalue weighted by Gasteiger charge is -2.43. The number of pyridine rings is 1. The van der Waals surface area contributed by atoms with Crippen LogP contribution in [0.2, 0.25) is 0 Å². The van der Waals surface area contributed by atoms with Gasteiger partial charge < -0.3 is 18.9 Å². The van der Waals surface area contributed by atoms with E-state index in [0.29, 0.717) is 12.8 Å². The molecule has 12 heteroatoms. The maximum Gasteiger partial charge on any atom is 0.410 e. The normalized spacial score (nSPS) is 21.5. The number of hydrogen-bond acceptors (Lipinski definition) is 9. The third-order valence-corrected chi connectivity index (χ3v) is 8.24. The number of methoxy groups -OCH3 is 1.